The Morgan fingerprint density at radius 1 is 1.07 bits per heavy atom. The Morgan fingerprint density at radius 2 is 1.68 bits per heavy atom. The summed E-state index contributed by atoms with van der Waals surface area (Å²) in [6.07, 6.45) is 0. The molecule has 28 heavy (non-hydrogen) atoms. The maximum atomic E-state index is 13.2. The SMILES string of the molecule is Cc1ccc(CN(CC(=O)N2CCOCC2)S(=O)(=O)c2ccc(Br)cc2)cc1. The second-order valence-corrected chi connectivity index (χ2v) is 9.56. The van der Waals surface area contributed by atoms with Crippen molar-refractivity contribution in [1.82, 2.24) is 9.21 Å². The van der Waals surface area contributed by atoms with Crippen LogP contribution in [-0.2, 0) is 26.1 Å². The highest BCUT2D eigenvalue weighted by Gasteiger charge is 2.29. The summed E-state index contributed by atoms with van der Waals surface area (Å²) in [6.45, 7) is 3.82. The lowest BCUT2D eigenvalue weighted by atomic mass is 10.1. The number of hydrogen-bond donors (Lipinski definition) is 0. The zero-order valence-electron chi connectivity index (χ0n) is 15.7. The molecule has 0 spiro atoms. The fourth-order valence-electron chi connectivity index (χ4n) is 2.94. The molecule has 0 N–H and O–H groups in total. The molecule has 8 heteroatoms. The van der Waals surface area contributed by atoms with Crippen LogP contribution in [0.25, 0.3) is 0 Å². The van der Waals surface area contributed by atoms with Crippen molar-refractivity contribution in [1.29, 1.82) is 0 Å². The number of carbonyl (C=O) groups excluding carboxylic acids is 1. The minimum Gasteiger partial charge on any atom is -0.378 e. The smallest absolute Gasteiger partial charge is 0.243 e. The molecule has 3 rings (SSSR count). The van der Waals surface area contributed by atoms with E-state index in [0.29, 0.717) is 26.3 Å². The van der Waals surface area contributed by atoms with E-state index in [2.05, 4.69) is 15.9 Å². The summed E-state index contributed by atoms with van der Waals surface area (Å²) < 4.78 is 33.8. The van der Waals surface area contributed by atoms with Crippen molar-refractivity contribution in [2.45, 2.75) is 18.4 Å². The van der Waals surface area contributed by atoms with Gasteiger partial charge in [0.1, 0.15) is 0 Å². The van der Waals surface area contributed by atoms with Gasteiger partial charge in [0, 0.05) is 24.1 Å². The Bertz CT molecular complexity index is 908. The molecule has 0 unspecified atom stereocenters. The van der Waals surface area contributed by atoms with Crippen LogP contribution < -0.4 is 0 Å². The topological polar surface area (TPSA) is 66.9 Å². The van der Waals surface area contributed by atoms with Crippen LogP contribution >= 0.6 is 15.9 Å². The molecule has 1 aliphatic rings. The van der Waals surface area contributed by atoms with Crippen LogP contribution in [0.15, 0.2) is 57.9 Å². The predicted molar refractivity (Wildman–Crippen MR) is 110 cm³/mol. The third-order valence-corrected chi connectivity index (χ3v) is 6.94. The van der Waals surface area contributed by atoms with Gasteiger partial charge in [-0.15, -0.1) is 0 Å². The van der Waals surface area contributed by atoms with Crippen LogP contribution in [0.1, 0.15) is 11.1 Å². The van der Waals surface area contributed by atoms with E-state index >= 15 is 0 Å². The number of sulfonamides is 1. The summed E-state index contributed by atoms with van der Waals surface area (Å²) in [5.74, 6) is -0.212. The Balaban J connectivity index is 1.87. The maximum absolute atomic E-state index is 13.2. The zero-order chi connectivity index (χ0) is 20.1. The van der Waals surface area contributed by atoms with E-state index in [1.807, 2.05) is 31.2 Å². The van der Waals surface area contributed by atoms with Gasteiger partial charge in [-0.25, -0.2) is 8.42 Å². The average Bonchev–Trinajstić information content (AvgIpc) is 2.70. The second kappa shape index (κ2) is 9.17. The highest BCUT2D eigenvalue weighted by molar-refractivity contribution is 9.10. The molecule has 2 aromatic carbocycles. The van der Waals surface area contributed by atoms with Gasteiger partial charge in [0.05, 0.1) is 24.7 Å². The highest BCUT2D eigenvalue weighted by atomic mass is 79.9. The summed E-state index contributed by atoms with van der Waals surface area (Å²) in [7, 11) is -3.83. The van der Waals surface area contributed by atoms with Crippen molar-refractivity contribution >= 4 is 31.9 Å². The third kappa shape index (κ3) is 5.20. The first kappa shape index (κ1) is 21.0. The van der Waals surface area contributed by atoms with Gasteiger partial charge in [-0.05, 0) is 36.8 Å². The third-order valence-electron chi connectivity index (χ3n) is 4.61. The molecule has 2 aromatic rings. The summed E-state index contributed by atoms with van der Waals surface area (Å²) in [5, 5.41) is 0. The molecule has 0 radical (unpaired) electrons. The lowest BCUT2D eigenvalue weighted by Crippen LogP contribution is -2.46. The number of amides is 1. The first-order chi connectivity index (χ1) is 13.4. The van der Waals surface area contributed by atoms with Gasteiger partial charge in [-0.3, -0.25) is 4.79 Å². The number of hydrogen-bond acceptors (Lipinski definition) is 4. The van der Waals surface area contributed by atoms with Crippen LogP contribution in [-0.4, -0.2) is 56.4 Å². The van der Waals surface area contributed by atoms with Crippen LogP contribution in [0.5, 0.6) is 0 Å². The molecule has 0 aromatic heterocycles. The average molecular weight is 467 g/mol. The van der Waals surface area contributed by atoms with Gasteiger partial charge in [-0.2, -0.15) is 4.31 Å². The first-order valence-electron chi connectivity index (χ1n) is 9.03. The van der Waals surface area contributed by atoms with E-state index in [4.69, 9.17) is 4.74 Å². The standard InChI is InChI=1S/C20H23BrN2O4S/c1-16-2-4-17(5-3-16)14-23(15-20(24)22-10-12-27-13-11-22)28(25,26)19-8-6-18(21)7-9-19/h2-9H,10-15H2,1H3. The molecular formula is C20H23BrN2O4S. The Hall–Kier alpha value is -1.74. The number of aryl methyl sites for hydroxylation is 1. The van der Waals surface area contributed by atoms with Gasteiger partial charge in [0.25, 0.3) is 0 Å². The molecule has 1 amide bonds. The minimum absolute atomic E-state index is 0.134. The van der Waals surface area contributed by atoms with Crippen LogP contribution in [0, 0.1) is 6.92 Å². The molecule has 1 saturated heterocycles. The molecule has 0 atom stereocenters. The van der Waals surface area contributed by atoms with E-state index in [-0.39, 0.29) is 23.9 Å². The number of rotatable bonds is 6. The summed E-state index contributed by atoms with van der Waals surface area (Å²) in [5.41, 5.74) is 1.93. The number of carbonyl (C=O) groups is 1. The Kier molecular flexibility index (Phi) is 6.87. The normalized spacial score (nSPS) is 15.0. The van der Waals surface area contributed by atoms with Gasteiger partial charge in [-0.1, -0.05) is 45.8 Å². The van der Waals surface area contributed by atoms with E-state index in [1.54, 1.807) is 29.2 Å². The van der Waals surface area contributed by atoms with Gasteiger partial charge >= 0.3 is 0 Å². The molecule has 1 fully saturated rings. The van der Waals surface area contributed by atoms with E-state index in [9.17, 15) is 13.2 Å². The molecule has 1 aliphatic heterocycles. The van der Waals surface area contributed by atoms with Crippen LogP contribution in [0.4, 0.5) is 0 Å². The van der Waals surface area contributed by atoms with Crippen molar-refractivity contribution in [3.05, 3.63) is 64.1 Å². The fourth-order valence-corrected chi connectivity index (χ4v) is 4.58. The lowest BCUT2D eigenvalue weighted by Gasteiger charge is -2.29. The van der Waals surface area contributed by atoms with Gasteiger partial charge < -0.3 is 9.64 Å². The number of nitrogens with zero attached hydrogens (tertiary/aromatic N) is 2. The number of benzene rings is 2. The van der Waals surface area contributed by atoms with E-state index in [1.165, 1.54) is 4.31 Å². The maximum Gasteiger partial charge on any atom is 0.243 e. The van der Waals surface area contributed by atoms with Crippen molar-refractivity contribution in [3.8, 4) is 0 Å². The molecule has 150 valence electrons. The Morgan fingerprint density at radius 3 is 2.29 bits per heavy atom. The first-order valence-corrected chi connectivity index (χ1v) is 11.3. The highest BCUT2D eigenvalue weighted by Crippen LogP contribution is 2.21. The summed E-state index contributed by atoms with van der Waals surface area (Å²) in [6, 6.07) is 14.1. The van der Waals surface area contributed by atoms with Crippen LogP contribution in [0.3, 0.4) is 0 Å². The largest absolute Gasteiger partial charge is 0.378 e. The quantitative estimate of drug-likeness (QED) is 0.656. The zero-order valence-corrected chi connectivity index (χ0v) is 18.1. The van der Waals surface area contributed by atoms with E-state index in [0.717, 1.165) is 15.6 Å². The molecule has 0 saturated carbocycles. The van der Waals surface area contributed by atoms with E-state index < -0.39 is 10.0 Å². The lowest BCUT2D eigenvalue weighted by molar-refractivity contribution is -0.135. The van der Waals surface area contributed by atoms with Crippen molar-refractivity contribution in [3.63, 3.8) is 0 Å². The summed E-state index contributed by atoms with van der Waals surface area (Å²) in [4.78, 5) is 14.6. The van der Waals surface area contributed by atoms with Crippen LogP contribution in [0.2, 0.25) is 0 Å². The second-order valence-electron chi connectivity index (χ2n) is 6.71. The number of morpholine rings is 1. The van der Waals surface area contributed by atoms with Crippen molar-refractivity contribution in [2.75, 3.05) is 32.8 Å². The predicted octanol–water partition coefficient (Wildman–Crippen LogP) is 2.81. The minimum atomic E-state index is -3.83. The monoisotopic (exact) mass is 466 g/mol. The molecule has 1 heterocycles. The molecule has 0 aliphatic carbocycles. The Labute approximate surface area is 174 Å². The summed E-state index contributed by atoms with van der Waals surface area (Å²) >= 11 is 3.32. The number of halogens is 1. The number of ether oxygens (including phenoxy) is 1. The van der Waals surface area contributed by atoms with Gasteiger partial charge in [0.2, 0.25) is 15.9 Å². The van der Waals surface area contributed by atoms with Crippen molar-refractivity contribution in [2.24, 2.45) is 0 Å². The van der Waals surface area contributed by atoms with Crippen molar-refractivity contribution < 1.29 is 17.9 Å². The molecule has 6 nitrogen and oxygen atoms in total. The fraction of sp³-hybridized carbons (Fsp3) is 0.350. The molecular weight excluding hydrogens is 444 g/mol. The van der Waals surface area contributed by atoms with Gasteiger partial charge in [0.15, 0.2) is 0 Å². The molecule has 0 bridgehead atoms.